The van der Waals surface area contributed by atoms with Crippen LogP contribution in [0.3, 0.4) is 0 Å². The highest BCUT2D eigenvalue weighted by molar-refractivity contribution is 7.92. The summed E-state index contributed by atoms with van der Waals surface area (Å²) in [6.45, 7) is -0.194. The third-order valence-corrected chi connectivity index (χ3v) is 10.7. The van der Waals surface area contributed by atoms with Crippen molar-refractivity contribution in [1.29, 1.82) is 0 Å². The van der Waals surface area contributed by atoms with E-state index in [0.29, 0.717) is 34.6 Å². The lowest BCUT2D eigenvalue weighted by molar-refractivity contribution is -0.192. The first-order valence-electron chi connectivity index (χ1n) is 15.5. The molecule has 0 aliphatic carbocycles. The van der Waals surface area contributed by atoms with Crippen molar-refractivity contribution in [3.05, 3.63) is 101 Å². The maximum atomic E-state index is 16.2. The lowest BCUT2D eigenvalue weighted by Crippen LogP contribution is -2.44. The van der Waals surface area contributed by atoms with Gasteiger partial charge in [0.15, 0.2) is 0 Å². The van der Waals surface area contributed by atoms with Gasteiger partial charge < -0.3 is 14.2 Å². The molecule has 0 amide bonds. The fourth-order valence-corrected chi connectivity index (χ4v) is 7.94. The van der Waals surface area contributed by atoms with Gasteiger partial charge in [-0.05, 0) is 61.3 Å². The minimum absolute atomic E-state index is 0.0286. The van der Waals surface area contributed by atoms with Crippen LogP contribution in [0.5, 0.6) is 17.2 Å². The summed E-state index contributed by atoms with van der Waals surface area (Å²) >= 11 is 0. The number of alkyl halides is 3. The van der Waals surface area contributed by atoms with Crippen LogP contribution in [0.15, 0.2) is 78.0 Å². The summed E-state index contributed by atoms with van der Waals surface area (Å²) in [4.78, 5) is 9.39. The Morgan fingerprint density at radius 3 is 2.37 bits per heavy atom. The molecule has 9 nitrogen and oxygen atoms in total. The number of hydrogen-bond donors (Lipinski definition) is 0. The fraction of sp³-hybridized carbons (Fsp3) is 0.353. The fourth-order valence-electron chi connectivity index (χ4n) is 6.52. The van der Waals surface area contributed by atoms with E-state index in [9.17, 15) is 26.0 Å². The molecule has 1 fully saturated rings. The Labute approximate surface area is 280 Å². The zero-order valence-electron chi connectivity index (χ0n) is 26.5. The Kier molecular flexibility index (Phi) is 9.67. The van der Waals surface area contributed by atoms with Gasteiger partial charge in [-0.2, -0.15) is 13.2 Å². The Balaban J connectivity index is 1.38. The average molecular weight is 705 g/mol. The molecule has 2 aliphatic rings. The molecule has 1 aromatic heterocycles. The summed E-state index contributed by atoms with van der Waals surface area (Å²) in [5, 5.41) is 0. The molecule has 3 atom stereocenters. The van der Waals surface area contributed by atoms with Gasteiger partial charge in [0, 0.05) is 54.2 Å². The molecular weight excluding hydrogens is 671 g/mol. The normalized spacial score (nSPS) is 19.9. The van der Waals surface area contributed by atoms with E-state index in [-0.39, 0.29) is 44.2 Å². The van der Waals surface area contributed by atoms with E-state index in [0.717, 1.165) is 16.4 Å². The first kappa shape index (κ1) is 34.4. The van der Waals surface area contributed by atoms with Gasteiger partial charge in [0.05, 0.1) is 33.3 Å². The number of ether oxygens (including phenoxy) is 3. The standard InChI is InChI=1S/C34H33F5N4O5S/c1-46-25-9-6-22(30(17-25)47-2)20-43(33-40-12-3-13-41-33)49(44,45)32-19-31-26(18-27(32)36)28(11-15-48-31)42-14-10-23(34(37,38)39)16-29(42)21-4-7-24(35)8-5-21/h3-9,12-13,17-19,23,28-29H,10-11,14-16,20H2,1-2H3. The third-order valence-electron chi connectivity index (χ3n) is 8.99. The van der Waals surface area contributed by atoms with E-state index < -0.39 is 50.7 Å². The number of benzene rings is 3. The van der Waals surface area contributed by atoms with Crippen LogP contribution in [0.4, 0.5) is 27.9 Å². The van der Waals surface area contributed by atoms with E-state index >= 15 is 4.39 Å². The van der Waals surface area contributed by atoms with Crippen molar-refractivity contribution < 1.29 is 44.6 Å². The van der Waals surface area contributed by atoms with Crippen LogP contribution in [0.25, 0.3) is 0 Å². The van der Waals surface area contributed by atoms with Gasteiger partial charge in [-0.1, -0.05) is 12.1 Å². The van der Waals surface area contributed by atoms with Crippen LogP contribution >= 0.6 is 0 Å². The lowest BCUT2D eigenvalue weighted by atomic mass is 9.84. The Morgan fingerprint density at radius 1 is 0.959 bits per heavy atom. The zero-order chi connectivity index (χ0) is 34.9. The molecule has 49 heavy (non-hydrogen) atoms. The van der Waals surface area contributed by atoms with Crippen molar-refractivity contribution in [3.8, 4) is 17.2 Å². The highest BCUT2D eigenvalue weighted by Crippen LogP contribution is 2.49. The number of nitrogens with zero attached hydrogens (tertiary/aromatic N) is 4. The van der Waals surface area contributed by atoms with Crippen molar-refractivity contribution in [2.24, 2.45) is 5.92 Å². The first-order chi connectivity index (χ1) is 23.4. The third kappa shape index (κ3) is 6.99. The van der Waals surface area contributed by atoms with Gasteiger partial charge in [0.1, 0.15) is 33.8 Å². The largest absolute Gasteiger partial charge is 0.497 e. The number of halogens is 5. The summed E-state index contributed by atoms with van der Waals surface area (Å²) in [5.41, 5.74) is 1.22. The monoisotopic (exact) mass is 704 g/mol. The molecule has 2 aliphatic heterocycles. The van der Waals surface area contributed by atoms with Gasteiger partial charge in [0.25, 0.3) is 10.0 Å². The quantitative estimate of drug-likeness (QED) is 0.172. The molecule has 3 unspecified atom stereocenters. The van der Waals surface area contributed by atoms with Gasteiger partial charge in [-0.15, -0.1) is 0 Å². The van der Waals surface area contributed by atoms with E-state index in [1.165, 1.54) is 56.9 Å². The molecule has 1 saturated heterocycles. The number of fused-ring (bicyclic) bond motifs is 1. The van der Waals surface area contributed by atoms with Crippen molar-refractivity contribution in [1.82, 2.24) is 14.9 Å². The molecule has 0 N–H and O–H groups in total. The number of hydrogen-bond acceptors (Lipinski definition) is 8. The second kappa shape index (κ2) is 13.8. The topological polar surface area (TPSA) is 94.1 Å². The number of sulfonamides is 1. The Morgan fingerprint density at radius 2 is 1.69 bits per heavy atom. The molecule has 4 aromatic rings. The van der Waals surface area contributed by atoms with Crippen molar-refractivity contribution in [3.63, 3.8) is 0 Å². The molecule has 3 aromatic carbocycles. The zero-order valence-corrected chi connectivity index (χ0v) is 27.3. The van der Waals surface area contributed by atoms with Crippen LogP contribution in [0, 0.1) is 17.6 Å². The number of methoxy groups -OCH3 is 2. The summed E-state index contributed by atoms with van der Waals surface area (Å²) < 4.78 is 118. The molecule has 15 heteroatoms. The van der Waals surface area contributed by atoms with E-state index in [4.69, 9.17) is 14.2 Å². The molecule has 0 spiro atoms. The summed E-state index contributed by atoms with van der Waals surface area (Å²) in [7, 11) is -1.80. The van der Waals surface area contributed by atoms with E-state index in [2.05, 4.69) is 9.97 Å². The van der Waals surface area contributed by atoms with Crippen LogP contribution in [0.1, 0.15) is 48.0 Å². The van der Waals surface area contributed by atoms with Gasteiger partial charge in [-0.25, -0.2) is 31.5 Å². The van der Waals surface area contributed by atoms with Gasteiger partial charge in [0.2, 0.25) is 5.95 Å². The Hall–Kier alpha value is -4.50. The van der Waals surface area contributed by atoms with Gasteiger partial charge in [-0.3, -0.25) is 4.90 Å². The number of rotatable bonds is 9. The Bertz CT molecular complexity index is 1900. The molecule has 260 valence electrons. The van der Waals surface area contributed by atoms with Crippen LogP contribution < -0.4 is 18.5 Å². The second-order valence-electron chi connectivity index (χ2n) is 11.8. The minimum atomic E-state index is -4.69. The molecule has 0 bridgehead atoms. The number of aromatic nitrogens is 2. The first-order valence-corrected chi connectivity index (χ1v) is 16.9. The molecule has 0 saturated carbocycles. The summed E-state index contributed by atoms with van der Waals surface area (Å²) in [6, 6.07) is 12.4. The van der Waals surface area contributed by atoms with Crippen molar-refractivity contribution in [2.75, 3.05) is 31.7 Å². The van der Waals surface area contributed by atoms with Crippen molar-refractivity contribution in [2.45, 2.75) is 49.0 Å². The van der Waals surface area contributed by atoms with Crippen LogP contribution in [0.2, 0.25) is 0 Å². The smallest absolute Gasteiger partial charge is 0.391 e. The minimum Gasteiger partial charge on any atom is -0.497 e. The summed E-state index contributed by atoms with van der Waals surface area (Å²) in [5.74, 6) is -2.52. The van der Waals surface area contributed by atoms with E-state index in [1.54, 1.807) is 18.2 Å². The lowest BCUT2D eigenvalue weighted by Gasteiger charge is -2.46. The maximum Gasteiger partial charge on any atom is 0.391 e. The molecular formula is C34H33F5N4O5S. The van der Waals surface area contributed by atoms with Crippen LogP contribution in [-0.4, -0.2) is 56.8 Å². The molecule has 0 radical (unpaired) electrons. The van der Waals surface area contributed by atoms with Crippen LogP contribution in [-0.2, 0) is 16.6 Å². The highest BCUT2D eigenvalue weighted by Gasteiger charge is 2.47. The average Bonchev–Trinajstić information content (AvgIpc) is 3.10. The number of anilines is 1. The number of piperidine rings is 1. The predicted octanol–water partition coefficient (Wildman–Crippen LogP) is 7.01. The molecule has 6 rings (SSSR count). The predicted molar refractivity (Wildman–Crippen MR) is 169 cm³/mol. The molecule has 3 heterocycles. The van der Waals surface area contributed by atoms with E-state index in [1.807, 2.05) is 4.90 Å². The summed E-state index contributed by atoms with van der Waals surface area (Å²) in [6.07, 6.45) is -1.84. The van der Waals surface area contributed by atoms with Crippen molar-refractivity contribution >= 4 is 16.0 Å². The second-order valence-corrected chi connectivity index (χ2v) is 13.6. The SMILES string of the molecule is COc1ccc(CN(c2ncccn2)S(=O)(=O)c2cc3c(cc2F)C(N2CCC(C(F)(F)F)CC2c2ccc(F)cc2)CCO3)c(OC)c1. The van der Waals surface area contributed by atoms with Gasteiger partial charge >= 0.3 is 6.18 Å². The highest BCUT2D eigenvalue weighted by atomic mass is 32.2. The maximum absolute atomic E-state index is 16.2. The number of likely N-dealkylation sites (tertiary alicyclic amines) is 1.